The molecule has 0 aromatic heterocycles. The average molecular weight is 239 g/mol. The van der Waals surface area contributed by atoms with Crippen LogP contribution in [0.25, 0.3) is 0 Å². The molecule has 2 rings (SSSR count). The van der Waals surface area contributed by atoms with Crippen LogP contribution in [0.2, 0.25) is 5.02 Å². The van der Waals surface area contributed by atoms with Gasteiger partial charge in [0, 0.05) is 12.6 Å². The lowest BCUT2D eigenvalue weighted by Crippen LogP contribution is -2.36. The van der Waals surface area contributed by atoms with Crippen molar-refractivity contribution in [1.82, 2.24) is 10.6 Å². The molecule has 1 aliphatic heterocycles. The molecular formula is C12H15ClN2O. The molecule has 16 heavy (non-hydrogen) atoms. The molecule has 1 aromatic carbocycles. The first kappa shape index (κ1) is 11.4. The van der Waals surface area contributed by atoms with Crippen molar-refractivity contribution in [2.24, 2.45) is 0 Å². The van der Waals surface area contributed by atoms with Crippen molar-refractivity contribution >= 4 is 17.5 Å². The lowest BCUT2D eigenvalue weighted by atomic mass is 10.1. The molecular weight excluding hydrogens is 224 g/mol. The molecule has 86 valence electrons. The van der Waals surface area contributed by atoms with Crippen molar-refractivity contribution in [3.63, 3.8) is 0 Å². The molecule has 0 radical (unpaired) electrons. The highest BCUT2D eigenvalue weighted by Crippen LogP contribution is 2.20. The van der Waals surface area contributed by atoms with Gasteiger partial charge in [-0.25, -0.2) is 0 Å². The second-order valence-corrected chi connectivity index (χ2v) is 4.48. The quantitative estimate of drug-likeness (QED) is 0.824. The van der Waals surface area contributed by atoms with Crippen molar-refractivity contribution in [2.45, 2.75) is 19.4 Å². The third-order valence-electron chi connectivity index (χ3n) is 2.83. The zero-order valence-corrected chi connectivity index (χ0v) is 9.97. The highest BCUT2D eigenvalue weighted by atomic mass is 35.5. The number of carbonyl (C=O) groups is 1. The fourth-order valence-corrected chi connectivity index (χ4v) is 2.08. The molecule has 1 aliphatic rings. The molecule has 1 saturated heterocycles. The van der Waals surface area contributed by atoms with E-state index in [1.54, 1.807) is 6.07 Å². The Balaban J connectivity index is 2.11. The van der Waals surface area contributed by atoms with Gasteiger partial charge in [-0.2, -0.15) is 0 Å². The molecule has 0 unspecified atom stereocenters. The summed E-state index contributed by atoms with van der Waals surface area (Å²) in [7, 11) is 0. The summed E-state index contributed by atoms with van der Waals surface area (Å²) in [5, 5.41) is 6.73. The molecule has 0 spiro atoms. The van der Waals surface area contributed by atoms with Crippen molar-refractivity contribution < 1.29 is 4.79 Å². The summed E-state index contributed by atoms with van der Waals surface area (Å²) in [6.07, 6.45) is 0.981. The number of carbonyl (C=O) groups excluding carboxylic acids is 1. The van der Waals surface area contributed by atoms with Crippen LogP contribution >= 0.6 is 11.6 Å². The van der Waals surface area contributed by atoms with Crippen molar-refractivity contribution in [3.8, 4) is 0 Å². The second-order valence-electron chi connectivity index (χ2n) is 4.10. The van der Waals surface area contributed by atoms with Crippen LogP contribution in [0.3, 0.4) is 0 Å². The van der Waals surface area contributed by atoms with Crippen LogP contribution in [0.15, 0.2) is 18.2 Å². The maximum atomic E-state index is 12.0. The number of hydrogen-bond donors (Lipinski definition) is 2. The summed E-state index contributed by atoms with van der Waals surface area (Å²) < 4.78 is 0. The molecule has 4 heteroatoms. The van der Waals surface area contributed by atoms with Crippen LogP contribution < -0.4 is 10.6 Å². The average Bonchev–Trinajstić information content (AvgIpc) is 2.74. The van der Waals surface area contributed by atoms with Gasteiger partial charge >= 0.3 is 0 Å². The molecule has 0 saturated carbocycles. The molecule has 0 bridgehead atoms. The standard InChI is InChI=1S/C12H15ClN2O/c1-8-3-2-4-10(11(8)13)12(16)15-9-5-6-14-7-9/h2-4,9,14H,5-7H2,1H3,(H,15,16)/t9-/m1/s1. The van der Waals surface area contributed by atoms with E-state index in [4.69, 9.17) is 11.6 Å². The van der Waals surface area contributed by atoms with E-state index in [2.05, 4.69) is 10.6 Å². The Labute approximate surface area is 100 Å². The number of amides is 1. The first-order valence-electron chi connectivity index (χ1n) is 5.45. The van der Waals surface area contributed by atoms with Gasteiger partial charge in [0.25, 0.3) is 5.91 Å². The van der Waals surface area contributed by atoms with Crippen LogP contribution in [-0.4, -0.2) is 25.0 Å². The Morgan fingerprint density at radius 2 is 2.38 bits per heavy atom. The van der Waals surface area contributed by atoms with Crippen LogP contribution in [0, 0.1) is 6.92 Å². The molecule has 1 fully saturated rings. The van der Waals surface area contributed by atoms with E-state index in [1.807, 2.05) is 19.1 Å². The summed E-state index contributed by atoms with van der Waals surface area (Å²) in [6.45, 7) is 3.71. The third kappa shape index (κ3) is 2.36. The van der Waals surface area contributed by atoms with Gasteiger partial charge in [0.05, 0.1) is 10.6 Å². The van der Waals surface area contributed by atoms with Crippen LogP contribution in [0.5, 0.6) is 0 Å². The SMILES string of the molecule is Cc1cccc(C(=O)N[C@@H]2CCNC2)c1Cl. The predicted molar refractivity (Wildman–Crippen MR) is 64.9 cm³/mol. The molecule has 3 nitrogen and oxygen atoms in total. The van der Waals surface area contributed by atoms with Crippen molar-refractivity contribution in [2.75, 3.05) is 13.1 Å². The van der Waals surface area contributed by atoms with Gasteiger partial charge in [-0.3, -0.25) is 4.79 Å². The van der Waals surface area contributed by atoms with Crippen LogP contribution in [-0.2, 0) is 0 Å². The summed E-state index contributed by atoms with van der Waals surface area (Å²) in [6, 6.07) is 5.73. The minimum absolute atomic E-state index is 0.0811. The summed E-state index contributed by atoms with van der Waals surface area (Å²) in [5.41, 5.74) is 1.49. The highest BCUT2D eigenvalue weighted by molar-refractivity contribution is 6.34. The number of benzene rings is 1. The lowest BCUT2D eigenvalue weighted by molar-refractivity contribution is 0.0940. The highest BCUT2D eigenvalue weighted by Gasteiger charge is 2.19. The molecule has 1 amide bonds. The third-order valence-corrected chi connectivity index (χ3v) is 3.33. The van der Waals surface area contributed by atoms with E-state index in [-0.39, 0.29) is 11.9 Å². The summed E-state index contributed by atoms with van der Waals surface area (Å²) in [5.74, 6) is -0.0811. The van der Waals surface area contributed by atoms with E-state index in [9.17, 15) is 4.79 Å². The van der Waals surface area contributed by atoms with Crippen molar-refractivity contribution in [3.05, 3.63) is 34.3 Å². The minimum Gasteiger partial charge on any atom is -0.348 e. The molecule has 2 N–H and O–H groups in total. The summed E-state index contributed by atoms with van der Waals surface area (Å²) in [4.78, 5) is 12.0. The number of hydrogen-bond acceptors (Lipinski definition) is 2. The van der Waals surface area contributed by atoms with Gasteiger partial charge in [0.1, 0.15) is 0 Å². The van der Waals surface area contributed by atoms with Crippen LogP contribution in [0.1, 0.15) is 22.3 Å². The number of rotatable bonds is 2. The van der Waals surface area contributed by atoms with E-state index in [0.29, 0.717) is 10.6 Å². The Kier molecular flexibility index (Phi) is 3.46. The van der Waals surface area contributed by atoms with Gasteiger partial charge in [-0.15, -0.1) is 0 Å². The molecule has 1 heterocycles. The fraction of sp³-hybridized carbons (Fsp3) is 0.417. The van der Waals surface area contributed by atoms with Gasteiger partial charge in [-0.1, -0.05) is 23.7 Å². The number of halogens is 1. The Morgan fingerprint density at radius 1 is 1.56 bits per heavy atom. The Hall–Kier alpha value is -1.06. The summed E-state index contributed by atoms with van der Waals surface area (Å²) >= 11 is 6.10. The first-order chi connectivity index (χ1) is 7.68. The fourth-order valence-electron chi connectivity index (χ4n) is 1.86. The largest absolute Gasteiger partial charge is 0.348 e. The first-order valence-corrected chi connectivity index (χ1v) is 5.83. The zero-order chi connectivity index (χ0) is 11.5. The zero-order valence-electron chi connectivity index (χ0n) is 9.22. The van der Waals surface area contributed by atoms with E-state index in [1.165, 1.54) is 0 Å². The maximum absolute atomic E-state index is 12.0. The van der Waals surface area contributed by atoms with E-state index in [0.717, 1.165) is 25.1 Å². The molecule has 1 aromatic rings. The minimum atomic E-state index is -0.0811. The smallest absolute Gasteiger partial charge is 0.253 e. The molecule has 0 aliphatic carbocycles. The Morgan fingerprint density at radius 3 is 3.06 bits per heavy atom. The second kappa shape index (κ2) is 4.85. The Bertz CT molecular complexity index is 400. The lowest BCUT2D eigenvalue weighted by Gasteiger charge is -2.12. The number of aryl methyl sites for hydroxylation is 1. The topological polar surface area (TPSA) is 41.1 Å². The van der Waals surface area contributed by atoms with Gasteiger partial charge < -0.3 is 10.6 Å². The van der Waals surface area contributed by atoms with Gasteiger partial charge in [0.2, 0.25) is 0 Å². The predicted octanol–water partition coefficient (Wildman–Crippen LogP) is 1.74. The molecule has 1 atom stereocenters. The van der Waals surface area contributed by atoms with E-state index < -0.39 is 0 Å². The van der Waals surface area contributed by atoms with E-state index >= 15 is 0 Å². The van der Waals surface area contributed by atoms with Crippen molar-refractivity contribution in [1.29, 1.82) is 0 Å². The normalized spacial score (nSPS) is 19.8. The van der Waals surface area contributed by atoms with Crippen LogP contribution in [0.4, 0.5) is 0 Å². The number of nitrogens with one attached hydrogen (secondary N) is 2. The monoisotopic (exact) mass is 238 g/mol. The van der Waals surface area contributed by atoms with Gasteiger partial charge in [0.15, 0.2) is 0 Å². The van der Waals surface area contributed by atoms with Gasteiger partial charge in [-0.05, 0) is 31.5 Å². The maximum Gasteiger partial charge on any atom is 0.253 e.